The second-order valence-electron chi connectivity index (χ2n) is 6.29. The van der Waals surface area contributed by atoms with Crippen molar-refractivity contribution in [2.45, 2.75) is 46.1 Å². The van der Waals surface area contributed by atoms with Crippen LogP contribution in [-0.4, -0.2) is 17.9 Å². The summed E-state index contributed by atoms with van der Waals surface area (Å²) < 4.78 is 0. The van der Waals surface area contributed by atoms with E-state index in [1.54, 1.807) is 0 Å². The molecule has 1 aromatic carbocycles. The molecule has 0 aromatic heterocycles. The normalized spacial score (nSPS) is 13.6. The van der Waals surface area contributed by atoms with Gasteiger partial charge in [-0.05, 0) is 38.5 Å². The van der Waals surface area contributed by atoms with E-state index in [9.17, 15) is 4.79 Å². The molecule has 0 aliphatic heterocycles. The fraction of sp³-hybridized carbons (Fsp3) is 0.562. The van der Waals surface area contributed by atoms with E-state index < -0.39 is 0 Å². The van der Waals surface area contributed by atoms with Gasteiger partial charge in [-0.1, -0.05) is 37.6 Å². The molecule has 0 aliphatic carbocycles. The standard InChI is InChI=1S/C16H24ClNO/c1-11(2)15(19)14(10-18-16(3,4)5)12-6-8-13(17)9-7-12/h6-9,11,14,18H,10H2,1-5H3/t14-/m0/s1. The van der Waals surface area contributed by atoms with Crippen molar-refractivity contribution in [3.63, 3.8) is 0 Å². The lowest BCUT2D eigenvalue weighted by molar-refractivity contribution is -0.123. The third-order valence-corrected chi connectivity index (χ3v) is 3.27. The number of hydrogen-bond acceptors (Lipinski definition) is 2. The molecule has 0 bridgehead atoms. The maximum Gasteiger partial charge on any atom is 0.144 e. The number of hydrogen-bond donors (Lipinski definition) is 1. The molecule has 106 valence electrons. The second kappa shape index (κ2) is 6.53. The van der Waals surface area contributed by atoms with E-state index in [4.69, 9.17) is 11.6 Å². The van der Waals surface area contributed by atoms with Crippen LogP contribution in [0.5, 0.6) is 0 Å². The summed E-state index contributed by atoms with van der Waals surface area (Å²) in [6.45, 7) is 10.9. The minimum absolute atomic E-state index is 0.00192. The Balaban J connectivity index is 2.92. The lowest BCUT2D eigenvalue weighted by Gasteiger charge is -2.26. The molecule has 0 amide bonds. The molecule has 0 spiro atoms. The van der Waals surface area contributed by atoms with E-state index in [2.05, 4.69) is 26.1 Å². The van der Waals surface area contributed by atoms with Crippen molar-refractivity contribution in [2.24, 2.45) is 5.92 Å². The number of rotatable bonds is 5. The van der Waals surface area contributed by atoms with E-state index in [1.807, 2.05) is 38.1 Å². The lowest BCUT2D eigenvalue weighted by atomic mass is 9.88. The van der Waals surface area contributed by atoms with Crippen molar-refractivity contribution < 1.29 is 4.79 Å². The van der Waals surface area contributed by atoms with Gasteiger partial charge in [0.05, 0.1) is 5.92 Å². The Hall–Kier alpha value is -0.860. The fourth-order valence-electron chi connectivity index (χ4n) is 1.89. The second-order valence-corrected chi connectivity index (χ2v) is 6.73. The van der Waals surface area contributed by atoms with Gasteiger partial charge in [0.15, 0.2) is 0 Å². The highest BCUT2D eigenvalue weighted by Crippen LogP contribution is 2.22. The molecule has 0 aliphatic rings. The summed E-state index contributed by atoms with van der Waals surface area (Å²) in [6.07, 6.45) is 0. The highest BCUT2D eigenvalue weighted by molar-refractivity contribution is 6.30. The van der Waals surface area contributed by atoms with E-state index in [0.29, 0.717) is 11.6 Å². The Kier molecular flexibility index (Phi) is 5.57. The molecule has 3 heteroatoms. The molecule has 0 radical (unpaired) electrons. The van der Waals surface area contributed by atoms with Gasteiger partial charge in [-0.25, -0.2) is 0 Å². The Bertz CT molecular complexity index is 417. The highest BCUT2D eigenvalue weighted by Gasteiger charge is 2.24. The molecule has 1 rings (SSSR count). The molecule has 0 fully saturated rings. The summed E-state index contributed by atoms with van der Waals surface area (Å²) in [7, 11) is 0. The van der Waals surface area contributed by atoms with Gasteiger partial charge in [-0.2, -0.15) is 0 Å². The van der Waals surface area contributed by atoms with Crippen LogP contribution < -0.4 is 5.32 Å². The van der Waals surface area contributed by atoms with Crippen LogP contribution in [0.2, 0.25) is 5.02 Å². The van der Waals surface area contributed by atoms with E-state index in [0.717, 1.165) is 5.56 Å². The van der Waals surface area contributed by atoms with Crippen LogP contribution in [0.4, 0.5) is 0 Å². The van der Waals surface area contributed by atoms with Gasteiger partial charge in [0.25, 0.3) is 0 Å². The van der Waals surface area contributed by atoms with Gasteiger partial charge in [-0.15, -0.1) is 0 Å². The molecular weight excluding hydrogens is 258 g/mol. The SMILES string of the molecule is CC(C)C(=O)[C@@H](CNC(C)(C)C)c1ccc(Cl)cc1. The first-order valence-corrected chi connectivity index (χ1v) is 7.12. The van der Waals surface area contributed by atoms with Gasteiger partial charge in [0.1, 0.15) is 5.78 Å². The number of Topliss-reactive ketones (excluding diaryl/α,β-unsaturated/α-hetero) is 1. The molecule has 1 atom stereocenters. The van der Waals surface area contributed by atoms with Crippen LogP contribution in [0.3, 0.4) is 0 Å². The zero-order valence-electron chi connectivity index (χ0n) is 12.5. The van der Waals surface area contributed by atoms with E-state index >= 15 is 0 Å². The van der Waals surface area contributed by atoms with Gasteiger partial charge >= 0.3 is 0 Å². The number of carbonyl (C=O) groups is 1. The van der Waals surface area contributed by atoms with E-state index in [-0.39, 0.29) is 23.2 Å². The molecule has 0 heterocycles. The molecule has 1 aromatic rings. The van der Waals surface area contributed by atoms with Crippen molar-refractivity contribution in [3.8, 4) is 0 Å². The highest BCUT2D eigenvalue weighted by atomic mass is 35.5. The Labute approximate surface area is 121 Å². The third kappa shape index (κ3) is 5.33. The van der Waals surface area contributed by atoms with Crippen molar-refractivity contribution in [2.75, 3.05) is 6.54 Å². The quantitative estimate of drug-likeness (QED) is 0.883. The van der Waals surface area contributed by atoms with Crippen molar-refractivity contribution >= 4 is 17.4 Å². The average molecular weight is 282 g/mol. The number of nitrogens with one attached hydrogen (secondary N) is 1. The Morgan fingerprint density at radius 1 is 1.21 bits per heavy atom. The fourth-order valence-corrected chi connectivity index (χ4v) is 2.01. The molecular formula is C16H24ClNO. The first kappa shape index (κ1) is 16.2. The predicted molar refractivity (Wildman–Crippen MR) is 81.8 cm³/mol. The number of benzene rings is 1. The summed E-state index contributed by atoms with van der Waals surface area (Å²) in [4.78, 5) is 12.4. The van der Waals surface area contributed by atoms with Crippen LogP contribution >= 0.6 is 11.6 Å². The summed E-state index contributed by atoms with van der Waals surface area (Å²) in [5, 5.41) is 4.11. The predicted octanol–water partition coefficient (Wildman–Crippen LogP) is 4.04. The van der Waals surface area contributed by atoms with Crippen molar-refractivity contribution in [1.82, 2.24) is 5.32 Å². The van der Waals surface area contributed by atoms with Crippen LogP contribution in [0, 0.1) is 5.92 Å². The lowest BCUT2D eigenvalue weighted by Crippen LogP contribution is -2.40. The zero-order valence-corrected chi connectivity index (χ0v) is 13.2. The Morgan fingerprint density at radius 2 is 1.74 bits per heavy atom. The number of halogens is 1. The van der Waals surface area contributed by atoms with Crippen molar-refractivity contribution in [3.05, 3.63) is 34.9 Å². The van der Waals surface area contributed by atoms with Crippen LogP contribution in [-0.2, 0) is 4.79 Å². The minimum atomic E-state index is -0.114. The average Bonchev–Trinajstić information content (AvgIpc) is 2.29. The first-order chi connectivity index (χ1) is 8.70. The molecule has 1 N–H and O–H groups in total. The minimum Gasteiger partial charge on any atom is -0.311 e. The maximum absolute atomic E-state index is 12.4. The van der Waals surface area contributed by atoms with E-state index in [1.165, 1.54) is 0 Å². The van der Waals surface area contributed by atoms with Crippen LogP contribution in [0.25, 0.3) is 0 Å². The van der Waals surface area contributed by atoms with Gasteiger partial charge in [0, 0.05) is 23.0 Å². The number of ketones is 1. The Morgan fingerprint density at radius 3 is 2.16 bits per heavy atom. The molecule has 0 saturated heterocycles. The summed E-state index contributed by atoms with van der Waals surface area (Å²) in [5.41, 5.74) is 1.03. The van der Waals surface area contributed by atoms with Gasteiger partial charge in [-0.3, -0.25) is 4.79 Å². The maximum atomic E-state index is 12.4. The molecule has 0 saturated carbocycles. The van der Waals surface area contributed by atoms with Gasteiger partial charge < -0.3 is 5.32 Å². The third-order valence-electron chi connectivity index (χ3n) is 3.02. The molecule has 2 nitrogen and oxygen atoms in total. The van der Waals surface area contributed by atoms with Crippen LogP contribution in [0.15, 0.2) is 24.3 Å². The molecule has 19 heavy (non-hydrogen) atoms. The zero-order chi connectivity index (χ0) is 14.6. The number of carbonyl (C=O) groups excluding carboxylic acids is 1. The molecule has 0 unspecified atom stereocenters. The monoisotopic (exact) mass is 281 g/mol. The topological polar surface area (TPSA) is 29.1 Å². The summed E-state index contributed by atoms with van der Waals surface area (Å²) >= 11 is 5.91. The smallest absolute Gasteiger partial charge is 0.144 e. The van der Waals surface area contributed by atoms with Crippen molar-refractivity contribution in [1.29, 1.82) is 0 Å². The summed E-state index contributed by atoms with van der Waals surface area (Å²) in [5.74, 6) is 0.179. The summed E-state index contributed by atoms with van der Waals surface area (Å²) in [6, 6.07) is 7.57. The largest absolute Gasteiger partial charge is 0.311 e. The first-order valence-electron chi connectivity index (χ1n) is 6.75. The van der Waals surface area contributed by atoms with Crippen LogP contribution in [0.1, 0.15) is 46.1 Å². The van der Waals surface area contributed by atoms with Gasteiger partial charge in [0.2, 0.25) is 0 Å².